The summed E-state index contributed by atoms with van der Waals surface area (Å²) >= 11 is 1.25. The quantitative estimate of drug-likeness (QED) is 0.620. The molecule has 1 N–H and O–H groups in total. The summed E-state index contributed by atoms with van der Waals surface area (Å²) in [6.45, 7) is 2.67. The average Bonchev–Trinajstić information content (AvgIpc) is 2.47. The van der Waals surface area contributed by atoms with Crippen molar-refractivity contribution < 1.29 is 9.31 Å². The van der Waals surface area contributed by atoms with Crippen molar-refractivity contribution >= 4 is 23.1 Å². The van der Waals surface area contributed by atoms with Crippen LogP contribution in [0.25, 0.3) is 0 Å². The zero-order valence-corrected chi connectivity index (χ0v) is 12.3. The number of halogens is 1. The highest BCUT2D eigenvalue weighted by Crippen LogP contribution is 2.39. The van der Waals surface area contributed by atoms with Crippen molar-refractivity contribution in [2.75, 3.05) is 11.9 Å². The predicted molar refractivity (Wildman–Crippen MR) is 82.4 cm³/mol. The van der Waals surface area contributed by atoms with Crippen LogP contribution in [0.3, 0.4) is 0 Å². The monoisotopic (exact) mass is 306 g/mol. The minimum atomic E-state index is -0.385. The molecule has 0 amide bonds. The topological polar surface area (TPSA) is 55.2 Å². The first-order chi connectivity index (χ1) is 10.1. The van der Waals surface area contributed by atoms with Crippen molar-refractivity contribution in [1.29, 1.82) is 0 Å². The van der Waals surface area contributed by atoms with Gasteiger partial charge in [0.25, 0.3) is 0 Å². The van der Waals surface area contributed by atoms with E-state index in [2.05, 4.69) is 5.32 Å². The Labute approximate surface area is 126 Å². The zero-order valence-electron chi connectivity index (χ0n) is 11.5. The molecule has 0 radical (unpaired) electrons. The molecule has 6 heteroatoms. The number of para-hydroxylation sites is 1. The molecule has 110 valence electrons. The Balaban J connectivity index is 2.33. The number of nitro benzene ring substituents is 1. The van der Waals surface area contributed by atoms with E-state index in [4.69, 9.17) is 0 Å². The number of hydrogen-bond donors (Lipinski definition) is 1. The molecule has 2 rings (SSSR count). The summed E-state index contributed by atoms with van der Waals surface area (Å²) in [7, 11) is 0. The molecule has 2 aromatic rings. The number of anilines is 1. The highest BCUT2D eigenvalue weighted by molar-refractivity contribution is 7.99. The van der Waals surface area contributed by atoms with Crippen molar-refractivity contribution in [1.82, 2.24) is 0 Å². The van der Waals surface area contributed by atoms with Gasteiger partial charge in [-0.1, -0.05) is 24.8 Å². The summed E-state index contributed by atoms with van der Waals surface area (Å²) in [5.41, 5.74) is 0.564. The van der Waals surface area contributed by atoms with E-state index >= 15 is 0 Å². The lowest BCUT2D eigenvalue weighted by Gasteiger charge is -2.09. The van der Waals surface area contributed by atoms with Crippen molar-refractivity contribution in [3.05, 3.63) is 58.4 Å². The molecular weight excluding hydrogens is 291 g/mol. The minimum absolute atomic E-state index is 0.0558. The molecule has 0 aliphatic rings. The Hall–Kier alpha value is -2.08. The summed E-state index contributed by atoms with van der Waals surface area (Å²) in [5, 5.41) is 14.4. The Kier molecular flexibility index (Phi) is 5.16. The van der Waals surface area contributed by atoms with Gasteiger partial charge in [-0.25, -0.2) is 4.39 Å². The zero-order chi connectivity index (χ0) is 15.2. The first-order valence-electron chi connectivity index (χ1n) is 6.56. The molecule has 0 bridgehead atoms. The third-order valence-corrected chi connectivity index (χ3v) is 3.85. The van der Waals surface area contributed by atoms with Gasteiger partial charge in [0.2, 0.25) is 0 Å². The molecule has 0 saturated carbocycles. The van der Waals surface area contributed by atoms with Gasteiger partial charge in [-0.2, -0.15) is 0 Å². The molecule has 0 aliphatic carbocycles. The predicted octanol–water partition coefficient (Wildman–Crippen LogP) is 4.71. The van der Waals surface area contributed by atoms with Crippen molar-refractivity contribution in [2.24, 2.45) is 0 Å². The van der Waals surface area contributed by atoms with Gasteiger partial charge in [-0.05, 0) is 42.8 Å². The maximum atomic E-state index is 12.9. The second kappa shape index (κ2) is 7.08. The second-order valence-corrected chi connectivity index (χ2v) is 5.51. The molecule has 0 unspecified atom stereocenters. The first-order valence-corrected chi connectivity index (χ1v) is 7.38. The fraction of sp³-hybridized carbons (Fsp3) is 0.200. The van der Waals surface area contributed by atoms with E-state index in [0.29, 0.717) is 17.1 Å². The minimum Gasteiger partial charge on any atom is -0.379 e. The SMILES string of the molecule is CCCNc1cccc(Sc2ccc(F)cc2)c1[N+](=O)[O-]. The molecule has 4 nitrogen and oxygen atoms in total. The first kappa shape index (κ1) is 15.3. The molecule has 0 aromatic heterocycles. The summed E-state index contributed by atoms with van der Waals surface area (Å²) in [6.07, 6.45) is 0.881. The highest BCUT2D eigenvalue weighted by Gasteiger charge is 2.20. The van der Waals surface area contributed by atoms with Crippen LogP contribution < -0.4 is 5.32 Å². The van der Waals surface area contributed by atoms with Crippen LogP contribution in [0.1, 0.15) is 13.3 Å². The summed E-state index contributed by atoms with van der Waals surface area (Å²) in [6, 6.07) is 11.1. The maximum Gasteiger partial charge on any atom is 0.306 e. The van der Waals surface area contributed by atoms with Crippen molar-refractivity contribution in [3.8, 4) is 0 Å². The lowest BCUT2D eigenvalue weighted by Crippen LogP contribution is -2.03. The van der Waals surface area contributed by atoms with E-state index < -0.39 is 0 Å². The molecule has 2 aromatic carbocycles. The van der Waals surface area contributed by atoms with Gasteiger partial charge in [-0.15, -0.1) is 0 Å². The van der Waals surface area contributed by atoms with E-state index in [1.807, 2.05) is 6.92 Å². The Morgan fingerprint density at radius 2 is 1.95 bits per heavy atom. The molecule has 0 atom stereocenters. The molecule has 0 aliphatic heterocycles. The van der Waals surface area contributed by atoms with Crippen LogP contribution in [0.2, 0.25) is 0 Å². The standard InChI is InChI=1S/C15H15FN2O2S/c1-2-10-17-13-4-3-5-14(15(13)18(19)20)21-12-8-6-11(16)7-9-12/h3-9,17H,2,10H2,1H3. The molecule has 0 fully saturated rings. The van der Waals surface area contributed by atoms with Crippen LogP contribution in [0.4, 0.5) is 15.8 Å². The molecule has 21 heavy (non-hydrogen) atoms. The van der Waals surface area contributed by atoms with E-state index in [1.165, 1.54) is 23.9 Å². The lowest BCUT2D eigenvalue weighted by atomic mass is 10.2. The van der Waals surface area contributed by atoms with E-state index in [0.717, 1.165) is 11.3 Å². The van der Waals surface area contributed by atoms with Gasteiger partial charge in [0.15, 0.2) is 0 Å². The lowest BCUT2D eigenvalue weighted by molar-refractivity contribution is -0.386. The van der Waals surface area contributed by atoms with Gasteiger partial charge < -0.3 is 5.32 Å². The van der Waals surface area contributed by atoms with Crippen molar-refractivity contribution in [3.63, 3.8) is 0 Å². The van der Waals surface area contributed by atoms with Crippen molar-refractivity contribution in [2.45, 2.75) is 23.1 Å². The number of rotatable bonds is 6. The second-order valence-electron chi connectivity index (χ2n) is 4.39. The molecular formula is C15H15FN2O2S. The number of nitro groups is 1. The fourth-order valence-electron chi connectivity index (χ4n) is 1.82. The Morgan fingerprint density at radius 3 is 2.57 bits per heavy atom. The number of benzene rings is 2. The highest BCUT2D eigenvalue weighted by atomic mass is 32.2. The van der Waals surface area contributed by atoms with Crippen LogP contribution >= 0.6 is 11.8 Å². The number of nitrogens with one attached hydrogen (secondary N) is 1. The third-order valence-electron chi connectivity index (χ3n) is 2.79. The maximum absolute atomic E-state index is 12.9. The van der Waals surface area contributed by atoms with Crippen LogP contribution in [0.5, 0.6) is 0 Å². The van der Waals surface area contributed by atoms with E-state index in [9.17, 15) is 14.5 Å². The normalized spacial score (nSPS) is 10.4. The number of nitrogens with zero attached hydrogens (tertiary/aromatic N) is 1. The number of hydrogen-bond acceptors (Lipinski definition) is 4. The van der Waals surface area contributed by atoms with Crippen LogP contribution in [-0.4, -0.2) is 11.5 Å². The smallest absolute Gasteiger partial charge is 0.306 e. The van der Waals surface area contributed by atoms with Crippen LogP contribution in [-0.2, 0) is 0 Å². The molecule has 0 spiro atoms. The molecule has 0 saturated heterocycles. The van der Waals surface area contributed by atoms with Crippen LogP contribution in [0.15, 0.2) is 52.3 Å². The fourth-order valence-corrected chi connectivity index (χ4v) is 2.78. The van der Waals surface area contributed by atoms with Gasteiger partial charge in [0.05, 0.1) is 9.82 Å². The van der Waals surface area contributed by atoms with Crippen LogP contribution in [0, 0.1) is 15.9 Å². The Bertz CT molecular complexity index is 632. The van der Waals surface area contributed by atoms with Gasteiger partial charge in [0.1, 0.15) is 11.5 Å². The third kappa shape index (κ3) is 3.95. The molecule has 0 heterocycles. The van der Waals surface area contributed by atoms with Gasteiger partial charge >= 0.3 is 5.69 Å². The van der Waals surface area contributed by atoms with E-state index in [-0.39, 0.29) is 16.4 Å². The largest absolute Gasteiger partial charge is 0.379 e. The van der Waals surface area contributed by atoms with E-state index in [1.54, 1.807) is 30.3 Å². The Morgan fingerprint density at radius 1 is 1.24 bits per heavy atom. The summed E-state index contributed by atoms with van der Waals surface area (Å²) < 4.78 is 12.9. The summed E-state index contributed by atoms with van der Waals surface area (Å²) in [5.74, 6) is -0.327. The van der Waals surface area contributed by atoms with Gasteiger partial charge in [-0.3, -0.25) is 10.1 Å². The summed E-state index contributed by atoms with van der Waals surface area (Å²) in [4.78, 5) is 12.2. The van der Waals surface area contributed by atoms with Gasteiger partial charge in [0, 0.05) is 11.4 Å². The average molecular weight is 306 g/mol.